The molecule has 0 unspecified atom stereocenters. The predicted molar refractivity (Wildman–Crippen MR) is 148 cm³/mol. The van der Waals surface area contributed by atoms with Gasteiger partial charge in [-0.25, -0.2) is 0 Å². The molecule has 0 heterocycles. The fraction of sp³-hybridized carbons (Fsp3) is 0.414. The Labute approximate surface area is 230 Å². The molecule has 0 aromatic heterocycles. The number of fused-ring (bicyclic) bond motifs is 3. The molecule has 2 aromatic rings. The minimum Gasteiger partial charge on any atom is -1.00 e. The topological polar surface area (TPSA) is 0 Å². The summed E-state index contributed by atoms with van der Waals surface area (Å²) in [6, 6.07) is 7.77. The first-order chi connectivity index (χ1) is 14.8. The van der Waals surface area contributed by atoms with Crippen molar-refractivity contribution >= 4 is 33.0 Å². The number of hydrogen-bond acceptors (Lipinski definition) is 0. The molecule has 0 bridgehead atoms. The van der Waals surface area contributed by atoms with E-state index in [1.165, 1.54) is 12.0 Å². The molecule has 4 rings (SSSR count). The fourth-order valence-corrected chi connectivity index (χ4v) is 18.9. The molecule has 182 valence electrons. The monoisotopic (exact) mass is 604 g/mol. The molecule has 2 aromatic carbocycles. The van der Waals surface area contributed by atoms with Crippen LogP contribution in [0.4, 0.5) is 0 Å². The van der Waals surface area contributed by atoms with Crippen LogP contribution < -0.4 is 38.5 Å². The molecule has 0 spiro atoms. The first kappa shape index (κ1) is 29.9. The Balaban J connectivity index is 0.00000204. The van der Waals surface area contributed by atoms with Gasteiger partial charge in [-0.15, -0.1) is 0 Å². The molecule has 0 nitrogen and oxygen atoms in total. The normalized spacial score (nSPS) is 13.9. The second-order valence-corrected chi connectivity index (χ2v) is 29.4. The second-order valence-electron chi connectivity index (χ2n) is 12.1. The van der Waals surface area contributed by atoms with Crippen LogP contribution in [0, 0.1) is 13.8 Å². The zero-order chi connectivity index (χ0) is 23.6. The fourth-order valence-electron chi connectivity index (χ4n) is 5.51. The van der Waals surface area contributed by atoms with Crippen molar-refractivity contribution in [3.63, 3.8) is 0 Å². The van der Waals surface area contributed by atoms with Gasteiger partial charge in [-0.3, -0.25) is 0 Å². The van der Waals surface area contributed by atoms with Crippen molar-refractivity contribution in [1.29, 1.82) is 0 Å². The van der Waals surface area contributed by atoms with Gasteiger partial charge in [-0.2, -0.15) is 0 Å². The quantitative estimate of drug-likeness (QED) is 0.375. The average molecular weight is 607 g/mol. The van der Waals surface area contributed by atoms with Crippen LogP contribution in [0.5, 0.6) is 0 Å². The Bertz CT molecular complexity index is 1220. The van der Waals surface area contributed by atoms with Crippen molar-refractivity contribution in [2.45, 2.75) is 79.8 Å². The minimum atomic E-state index is -2.06. The number of hydrogen-bond donors (Lipinski definition) is 0. The summed E-state index contributed by atoms with van der Waals surface area (Å²) < 4.78 is 5.32. The van der Waals surface area contributed by atoms with Crippen molar-refractivity contribution in [1.82, 2.24) is 0 Å². The molecule has 0 aliphatic heterocycles. The maximum absolute atomic E-state index is 2.69. The predicted octanol–water partition coefficient (Wildman–Crippen LogP) is 0.273. The molecule has 0 fully saturated rings. The van der Waals surface area contributed by atoms with E-state index in [4.69, 9.17) is 0 Å². The third kappa shape index (κ3) is 5.35. The maximum Gasteiger partial charge on any atom is -1.00 e. The summed E-state index contributed by atoms with van der Waals surface area (Å²) in [7, 11) is -2.85. The molecule has 34 heavy (non-hydrogen) atoms. The van der Waals surface area contributed by atoms with Crippen LogP contribution in [0.25, 0.3) is 11.1 Å². The van der Waals surface area contributed by atoms with Crippen LogP contribution in [0.2, 0.25) is 39.3 Å². The molecule has 0 N–H and O–H groups in total. The number of aryl methyl sites for hydroxylation is 1. The Morgan fingerprint density at radius 3 is 1.94 bits per heavy atom. The Morgan fingerprint density at radius 2 is 1.44 bits per heavy atom. The van der Waals surface area contributed by atoms with E-state index in [0.717, 1.165) is 6.42 Å². The van der Waals surface area contributed by atoms with E-state index in [1.54, 1.807) is 44.7 Å². The standard InChI is InChI=1S/C21H29Si2.C5H5.C3H6.2ClH.Zr/c1-14-9-16(22(3,4)5)11-20-18(14)13-19-15(2)10-17(12-21(19)20)23(6,7)8;1-2-4-5-3-1;1-3-2;;;/h9,11-12H,13H2,1-8H3;1-3H,4H2;1-2H3;2*1H;/q;;;;;+2/p-2. The molecular weight excluding hydrogens is 567 g/mol. The van der Waals surface area contributed by atoms with Gasteiger partial charge >= 0.3 is 207 Å². The summed E-state index contributed by atoms with van der Waals surface area (Å²) in [5, 5.41) is 3.36. The van der Waals surface area contributed by atoms with Crippen molar-refractivity contribution in [2.75, 3.05) is 0 Å². The average Bonchev–Trinajstić information content (AvgIpc) is 3.30. The van der Waals surface area contributed by atoms with Gasteiger partial charge in [0, 0.05) is 0 Å². The largest absolute Gasteiger partial charge is 1.00 e. The van der Waals surface area contributed by atoms with E-state index in [0.29, 0.717) is 0 Å². The molecule has 0 radical (unpaired) electrons. The number of rotatable bonds is 4. The van der Waals surface area contributed by atoms with Crippen molar-refractivity contribution in [3.05, 3.63) is 62.0 Å². The van der Waals surface area contributed by atoms with Crippen LogP contribution in [-0.2, 0) is 27.7 Å². The van der Waals surface area contributed by atoms with Gasteiger partial charge in [0.15, 0.2) is 0 Å². The van der Waals surface area contributed by atoms with Crippen molar-refractivity contribution in [3.8, 4) is 11.1 Å². The van der Waals surface area contributed by atoms with E-state index in [-0.39, 0.29) is 24.8 Å². The number of allylic oxidation sites excluding steroid dienone is 4. The number of halogens is 2. The molecular formula is C29H40Cl2Si2Zr. The van der Waals surface area contributed by atoms with E-state index in [1.807, 2.05) is 3.27 Å². The Hall–Kier alpha value is -0.313. The van der Waals surface area contributed by atoms with Gasteiger partial charge in [0.05, 0.1) is 0 Å². The summed E-state index contributed by atoms with van der Waals surface area (Å²) in [5.74, 6) is 0. The van der Waals surface area contributed by atoms with Crippen molar-refractivity contribution in [2.24, 2.45) is 0 Å². The van der Waals surface area contributed by atoms with Crippen LogP contribution >= 0.6 is 0 Å². The van der Waals surface area contributed by atoms with Gasteiger partial charge in [-0.05, 0) is 0 Å². The first-order valence-electron chi connectivity index (χ1n) is 12.2. The van der Waals surface area contributed by atoms with Crippen LogP contribution in [0.15, 0.2) is 39.7 Å². The Kier molecular flexibility index (Phi) is 9.31. The smallest absolute Gasteiger partial charge is 1.00 e. The summed E-state index contributed by atoms with van der Waals surface area (Å²) in [6.07, 6.45) is 9.44. The zero-order valence-electron chi connectivity index (χ0n) is 22.6. The summed E-state index contributed by atoms with van der Waals surface area (Å²) in [6.45, 7) is 24.8. The zero-order valence-corrected chi connectivity index (χ0v) is 28.6. The van der Waals surface area contributed by atoms with Gasteiger partial charge in [0.1, 0.15) is 0 Å². The SMILES string of the molecule is C[C](C)=[Zr+2]([C]1=CC=CC1)[c]1c([Si](C)(C)C)cc2c(c1C)Cc1c(C)cc([Si](C)(C)C)cc1-2.[Cl-].[Cl-]. The van der Waals surface area contributed by atoms with Crippen LogP contribution in [0.1, 0.15) is 42.5 Å². The van der Waals surface area contributed by atoms with E-state index < -0.39 is 37.4 Å². The molecule has 0 saturated heterocycles. The third-order valence-corrected chi connectivity index (χ3v) is 19.8. The molecule has 2 aliphatic carbocycles. The molecule has 0 saturated carbocycles. The summed E-state index contributed by atoms with van der Waals surface area (Å²) in [4.78, 5) is 0. The maximum atomic E-state index is 2.69. The third-order valence-electron chi connectivity index (χ3n) is 7.34. The molecule has 0 atom stereocenters. The van der Waals surface area contributed by atoms with Crippen LogP contribution in [0.3, 0.4) is 0 Å². The van der Waals surface area contributed by atoms with E-state index in [2.05, 4.69) is 103 Å². The summed E-state index contributed by atoms with van der Waals surface area (Å²) in [5.41, 5.74) is 9.50. The van der Waals surface area contributed by atoms with E-state index >= 15 is 0 Å². The van der Waals surface area contributed by atoms with Gasteiger partial charge in [-0.1, -0.05) is 0 Å². The molecule has 2 aliphatic rings. The van der Waals surface area contributed by atoms with Gasteiger partial charge in [0.25, 0.3) is 0 Å². The summed E-state index contributed by atoms with van der Waals surface area (Å²) >= 11 is -2.06. The first-order valence-corrected chi connectivity index (χ1v) is 22.8. The van der Waals surface area contributed by atoms with E-state index in [9.17, 15) is 0 Å². The number of benzene rings is 2. The molecule has 5 heteroatoms. The van der Waals surface area contributed by atoms with Gasteiger partial charge in [0.2, 0.25) is 0 Å². The molecule has 0 amide bonds. The van der Waals surface area contributed by atoms with Crippen LogP contribution in [-0.4, -0.2) is 19.4 Å². The van der Waals surface area contributed by atoms with Gasteiger partial charge < -0.3 is 24.8 Å². The Morgan fingerprint density at radius 1 is 0.824 bits per heavy atom. The minimum absolute atomic E-state index is 0. The second kappa shape index (κ2) is 10.6. The van der Waals surface area contributed by atoms with Crippen molar-refractivity contribution < 1.29 is 46.1 Å².